The number of benzene rings is 1. The van der Waals surface area contributed by atoms with Crippen molar-refractivity contribution >= 4 is 28.7 Å². The molecule has 1 aromatic carbocycles. The SMILES string of the molecule is CC(C)CC(C(=O)NCCCOC(C)C)N1C(=O)N2CCc3c([nH]c4ccccc34)C2(C)C1=O. The van der Waals surface area contributed by atoms with E-state index in [1.165, 1.54) is 4.90 Å². The molecule has 0 radical (unpaired) electrons. The van der Waals surface area contributed by atoms with Crippen LogP contribution in [0.5, 0.6) is 0 Å². The Morgan fingerprint density at radius 2 is 1.94 bits per heavy atom. The molecule has 2 N–H and O–H groups in total. The van der Waals surface area contributed by atoms with E-state index in [1.54, 1.807) is 11.8 Å². The highest BCUT2D eigenvalue weighted by Gasteiger charge is 2.60. The number of rotatable bonds is 9. The molecular formula is C26H36N4O4. The molecule has 0 spiro atoms. The van der Waals surface area contributed by atoms with E-state index in [2.05, 4.69) is 10.3 Å². The molecule has 0 aliphatic carbocycles. The number of nitrogens with zero attached hydrogens (tertiary/aromatic N) is 2. The van der Waals surface area contributed by atoms with Crippen LogP contribution < -0.4 is 5.32 Å². The van der Waals surface area contributed by atoms with Gasteiger partial charge in [-0.05, 0) is 57.6 Å². The molecule has 2 atom stereocenters. The van der Waals surface area contributed by atoms with Gasteiger partial charge in [-0.25, -0.2) is 9.69 Å². The first-order valence-corrected chi connectivity index (χ1v) is 12.3. The van der Waals surface area contributed by atoms with Crippen LogP contribution in [0.1, 0.15) is 58.7 Å². The molecule has 184 valence electrons. The predicted octanol–water partition coefficient (Wildman–Crippen LogP) is 3.55. The second kappa shape index (κ2) is 9.41. The number of carbonyl (C=O) groups is 3. The second-order valence-electron chi connectivity index (χ2n) is 10.2. The average Bonchev–Trinajstić information content (AvgIpc) is 3.26. The van der Waals surface area contributed by atoms with Gasteiger partial charge in [-0.2, -0.15) is 0 Å². The summed E-state index contributed by atoms with van der Waals surface area (Å²) < 4.78 is 5.54. The first-order valence-electron chi connectivity index (χ1n) is 12.3. The van der Waals surface area contributed by atoms with E-state index in [1.807, 2.05) is 52.0 Å². The Hall–Kier alpha value is -2.87. The summed E-state index contributed by atoms with van der Waals surface area (Å²) in [4.78, 5) is 47.0. The summed E-state index contributed by atoms with van der Waals surface area (Å²) in [6, 6.07) is 6.73. The number of amides is 4. The number of urea groups is 1. The Labute approximate surface area is 201 Å². The third kappa shape index (κ3) is 4.08. The van der Waals surface area contributed by atoms with Crippen molar-refractivity contribution in [1.82, 2.24) is 20.1 Å². The molecule has 1 aromatic heterocycles. The van der Waals surface area contributed by atoms with E-state index in [0.717, 1.165) is 22.2 Å². The number of para-hydroxylation sites is 1. The van der Waals surface area contributed by atoms with Crippen molar-refractivity contribution in [3.8, 4) is 0 Å². The topological polar surface area (TPSA) is 94.7 Å². The van der Waals surface area contributed by atoms with E-state index in [-0.39, 0.29) is 29.9 Å². The Morgan fingerprint density at radius 1 is 1.21 bits per heavy atom. The van der Waals surface area contributed by atoms with Crippen molar-refractivity contribution in [2.45, 2.75) is 71.6 Å². The normalized spacial score (nSPS) is 20.9. The Morgan fingerprint density at radius 3 is 2.65 bits per heavy atom. The van der Waals surface area contributed by atoms with Gasteiger partial charge in [0.25, 0.3) is 5.91 Å². The van der Waals surface area contributed by atoms with Crippen LogP contribution in [0.15, 0.2) is 24.3 Å². The maximum absolute atomic E-state index is 13.9. The lowest BCUT2D eigenvalue weighted by Gasteiger charge is -2.36. The minimum Gasteiger partial charge on any atom is -0.379 e. The van der Waals surface area contributed by atoms with Gasteiger partial charge in [-0.1, -0.05) is 32.0 Å². The quantitative estimate of drug-likeness (QED) is 0.435. The number of nitrogens with one attached hydrogen (secondary N) is 2. The molecule has 2 unspecified atom stereocenters. The molecule has 8 nitrogen and oxygen atoms in total. The lowest BCUT2D eigenvalue weighted by Crippen LogP contribution is -2.51. The molecule has 4 rings (SSSR count). The lowest BCUT2D eigenvalue weighted by atomic mass is 9.87. The maximum Gasteiger partial charge on any atom is 0.328 e. The summed E-state index contributed by atoms with van der Waals surface area (Å²) in [6.45, 7) is 11.1. The van der Waals surface area contributed by atoms with Crippen LogP contribution >= 0.6 is 0 Å². The Bertz CT molecular complexity index is 1090. The fourth-order valence-corrected chi connectivity index (χ4v) is 5.19. The zero-order valence-electron chi connectivity index (χ0n) is 20.8. The molecular weight excluding hydrogens is 432 g/mol. The number of aromatic amines is 1. The zero-order chi connectivity index (χ0) is 24.6. The third-order valence-electron chi connectivity index (χ3n) is 6.88. The van der Waals surface area contributed by atoms with Crippen molar-refractivity contribution in [1.29, 1.82) is 0 Å². The summed E-state index contributed by atoms with van der Waals surface area (Å²) in [5, 5.41) is 4.00. The van der Waals surface area contributed by atoms with E-state index in [0.29, 0.717) is 39.0 Å². The summed E-state index contributed by atoms with van der Waals surface area (Å²) in [6.07, 6.45) is 1.88. The maximum atomic E-state index is 13.9. The number of ether oxygens (including phenoxy) is 1. The number of fused-ring (bicyclic) bond motifs is 5. The highest BCUT2D eigenvalue weighted by Crippen LogP contribution is 2.44. The van der Waals surface area contributed by atoms with Crippen LogP contribution in [0.4, 0.5) is 4.79 Å². The molecule has 8 heteroatoms. The van der Waals surface area contributed by atoms with Gasteiger partial charge in [-0.3, -0.25) is 9.59 Å². The first kappa shape index (κ1) is 24.3. The highest BCUT2D eigenvalue weighted by atomic mass is 16.5. The molecule has 0 saturated carbocycles. The van der Waals surface area contributed by atoms with Crippen molar-refractivity contribution in [2.75, 3.05) is 19.7 Å². The van der Waals surface area contributed by atoms with E-state index >= 15 is 0 Å². The van der Waals surface area contributed by atoms with Gasteiger partial charge in [-0.15, -0.1) is 0 Å². The molecule has 1 fully saturated rings. The van der Waals surface area contributed by atoms with Gasteiger partial charge >= 0.3 is 6.03 Å². The minimum absolute atomic E-state index is 0.134. The van der Waals surface area contributed by atoms with Crippen LogP contribution in [0.2, 0.25) is 0 Å². The predicted molar refractivity (Wildman–Crippen MR) is 130 cm³/mol. The van der Waals surface area contributed by atoms with E-state index in [9.17, 15) is 14.4 Å². The number of hydrogen-bond acceptors (Lipinski definition) is 4. The van der Waals surface area contributed by atoms with Gasteiger partial charge in [0.2, 0.25) is 5.91 Å². The monoisotopic (exact) mass is 468 g/mol. The van der Waals surface area contributed by atoms with Crippen molar-refractivity contribution in [3.63, 3.8) is 0 Å². The lowest BCUT2D eigenvalue weighted by molar-refractivity contribution is -0.140. The van der Waals surface area contributed by atoms with Crippen LogP contribution in [-0.4, -0.2) is 64.5 Å². The minimum atomic E-state index is -1.15. The number of aromatic nitrogens is 1. The Balaban J connectivity index is 1.60. The highest BCUT2D eigenvalue weighted by molar-refractivity contribution is 6.11. The zero-order valence-corrected chi connectivity index (χ0v) is 20.8. The number of hydrogen-bond donors (Lipinski definition) is 2. The average molecular weight is 469 g/mol. The summed E-state index contributed by atoms with van der Waals surface area (Å²) in [7, 11) is 0. The van der Waals surface area contributed by atoms with Gasteiger partial charge in [0.1, 0.15) is 6.04 Å². The number of H-pyrrole nitrogens is 1. The largest absolute Gasteiger partial charge is 0.379 e. The van der Waals surface area contributed by atoms with Crippen molar-refractivity contribution < 1.29 is 19.1 Å². The number of imide groups is 1. The number of carbonyl (C=O) groups excluding carboxylic acids is 3. The summed E-state index contributed by atoms with van der Waals surface area (Å²) >= 11 is 0. The van der Waals surface area contributed by atoms with Gasteiger partial charge in [0, 0.05) is 30.6 Å². The molecule has 1 saturated heterocycles. The van der Waals surface area contributed by atoms with Gasteiger partial charge in [0.05, 0.1) is 11.8 Å². The van der Waals surface area contributed by atoms with Crippen LogP contribution in [0.3, 0.4) is 0 Å². The molecule has 34 heavy (non-hydrogen) atoms. The molecule has 2 aliphatic heterocycles. The molecule has 3 heterocycles. The van der Waals surface area contributed by atoms with E-state index < -0.39 is 11.6 Å². The molecule has 2 aliphatic rings. The van der Waals surface area contributed by atoms with Crippen LogP contribution in [0.25, 0.3) is 10.9 Å². The van der Waals surface area contributed by atoms with Crippen molar-refractivity contribution in [2.24, 2.45) is 5.92 Å². The van der Waals surface area contributed by atoms with E-state index in [4.69, 9.17) is 4.74 Å². The van der Waals surface area contributed by atoms with Crippen LogP contribution in [0, 0.1) is 5.92 Å². The first-order chi connectivity index (χ1) is 16.2. The van der Waals surface area contributed by atoms with Crippen LogP contribution in [-0.2, 0) is 26.3 Å². The van der Waals surface area contributed by atoms with Gasteiger partial charge in [0.15, 0.2) is 5.54 Å². The summed E-state index contributed by atoms with van der Waals surface area (Å²) in [5.74, 6) is -0.496. The third-order valence-corrected chi connectivity index (χ3v) is 6.88. The van der Waals surface area contributed by atoms with Gasteiger partial charge < -0.3 is 19.9 Å². The second-order valence-corrected chi connectivity index (χ2v) is 10.2. The summed E-state index contributed by atoms with van der Waals surface area (Å²) in [5.41, 5.74) is 1.64. The smallest absolute Gasteiger partial charge is 0.328 e. The molecule has 0 bridgehead atoms. The standard InChI is InChI=1S/C26H36N4O4/c1-16(2)15-21(23(31)27-12-8-14-34-17(3)4)30-24(32)26(5)22-19(11-13-29(26)25(30)33)18-9-6-7-10-20(18)28-22/h6-7,9-10,16-17,21,28H,8,11-15H2,1-5H3,(H,27,31). The fourth-order valence-electron chi connectivity index (χ4n) is 5.19. The van der Waals surface area contributed by atoms with Crippen molar-refractivity contribution in [3.05, 3.63) is 35.5 Å². The molecule has 4 amide bonds. The molecule has 2 aromatic rings. The Kier molecular flexibility index (Phi) is 6.71. The fraction of sp³-hybridized carbons (Fsp3) is 0.577.